The van der Waals surface area contributed by atoms with Gasteiger partial charge >= 0.3 is 6.09 Å². The fourth-order valence-corrected chi connectivity index (χ4v) is 1.62. The third-order valence-electron chi connectivity index (χ3n) is 2.04. The highest BCUT2D eigenvalue weighted by molar-refractivity contribution is 6.18. The Hall–Kier alpha value is -1.55. The minimum atomic E-state index is -1.03. The van der Waals surface area contributed by atoms with Crippen molar-refractivity contribution < 1.29 is 9.90 Å². The molecular weight excluding hydrogens is 204 g/mol. The first-order chi connectivity index (χ1) is 6.74. The van der Waals surface area contributed by atoms with E-state index >= 15 is 0 Å². The first-order valence-corrected chi connectivity index (χ1v) is 4.50. The maximum atomic E-state index is 10.8. The molecule has 0 radical (unpaired) electrons. The van der Waals surface area contributed by atoms with Crippen LogP contribution in [0.15, 0.2) is 24.7 Å². The van der Waals surface area contributed by atoms with E-state index < -0.39 is 6.09 Å². The highest BCUT2D eigenvalue weighted by Crippen LogP contribution is 2.21. The summed E-state index contributed by atoms with van der Waals surface area (Å²) in [7, 11) is 0. The molecule has 0 spiro atoms. The Balaban J connectivity index is 2.80. The van der Waals surface area contributed by atoms with Crippen LogP contribution < -0.4 is 0 Å². The van der Waals surface area contributed by atoms with E-state index in [0.29, 0.717) is 11.4 Å². The molecule has 0 atom stereocenters. The van der Waals surface area contributed by atoms with Crippen LogP contribution in [0.5, 0.6) is 0 Å². The first-order valence-electron chi connectivity index (χ1n) is 3.97. The molecule has 0 unspecified atom stereocenters. The van der Waals surface area contributed by atoms with Gasteiger partial charge in [-0.2, -0.15) is 0 Å². The maximum Gasteiger partial charge on any atom is 0.416 e. The molecule has 0 amide bonds. The summed E-state index contributed by atoms with van der Waals surface area (Å²) in [5.74, 6) is 0.292. The summed E-state index contributed by atoms with van der Waals surface area (Å²) in [4.78, 5) is 14.7. The predicted molar refractivity (Wildman–Crippen MR) is 52.7 cm³/mol. The second-order valence-electron chi connectivity index (χ2n) is 2.83. The summed E-state index contributed by atoms with van der Waals surface area (Å²) in [5, 5.41) is 9.71. The monoisotopic (exact) mass is 210 g/mol. The highest BCUT2D eigenvalue weighted by Gasteiger charge is 2.11. The Morgan fingerprint density at radius 2 is 2.43 bits per heavy atom. The quantitative estimate of drug-likeness (QED) is 0.735. The van der Waals surface area contributed by atoms with E-state index in [2.05, 4.69) is 4.98 Å². The first kappa shape index (κ1) is 9.02. The molecule has 0 fully saturated rings. The molecule has 2 aromatic heterocycles. The zero-order valence-corrected chi connectivity index (χ0v) is 7.90. The Morgan fingerprint density at radius 1 is 1.64 bits per heavy atom. The number of hydrogen-bond acceptors (Lipinski definition) is 2. The molecule has 0 saturated heterocycles. The van der Waals surface area contributed by atoms with Gasteiger partial charge in [-0.25, -0.2) is 4.79 Å². The largest absolute Gasteiger partial charge is 0.464 e. The van der Waals surface area contributed by atoms with Crippen LogP contribution in [0, 0.1) is 0 Å². The van der Waals surface area contributed by atoms with Crippen LogP contribution in [0.3, 0.4) is 0 Å². The van der Waals surface area contributed by atoms with Gasteiger partial charge in [-0.1, -0.05) is 0 Å². The molecule has 0 aliphatic heterocycles. The summed E-state index contributed by atoms with van der Waals surface area (Å²) in [6.07, 6.45) is 3.62. The van der Waals surface area contributed by atoms with E-state index in [1.165, 1.54) is 12.4 Å². The number of aromatic nitrogens is 2. The van der Waals surface area contributed by atoms with Crippen molar-refractivity contribution in [2.75, 3.05) is 0 Å². The average Bonchev–Trinajstić information content (AvgIpc) is 2.56. The van der Waals surface area contributed by atoms with Gasteiger partial charge in [-0.15, -0.1) is 11.6 Å². The van der Waals surface area contributed by atoms with Crippen molar-refractivity contribution in [1.82, 2.24) is 9.55 Å². The Kier molecular flexibility index (Phi) is 2.13. The predicted octanol–water partition coefficient (Wildman–Crippen LogP) is 2.30. The number of carboxylic acid groups (broad SMARTS) is 1. The number of nitrogens with zero attached hydrogens (tertiary/aromatic N) is 2. The van der Waals surface area contributed by atoms with Gasteiger partial charge in [0.2, 0.25) is 0 Å². The van der Waals surface area contributed by atoms with E-state index in [1.54, 1.807) is 12.3 Å². The molecule has 2 rings (SSSR count). The minimum absolute atomic E-state index is 0.292. The minimum Gasteiger partial charge on any atom is -0.464 e. The van der Waals surface area contributed by atoms with Crippen molar-refractivity contribution in [3.05, 3.63) is 30.2 Å². The van der Waals surface area contributed by atoms with Crippen LogP contribution in [0.1, 0.15) is 5.56 Å². The molecule has 0 aromatic carbocycles. The van der Waals surface area contributed by atoms with Gasteiger partial charge in [0.25, 0.3) is 0 Å². The lowest BCUT2D eigenvalue weighted by Crippen LogP contribution is -2.05. The van der Waals surface area contributed by atoms with Gasteiger partial charge < -0.3 is 5.11 Å². The molecule has 0 aliphatic carbocycles. The molecule has 72 valence electrons. The van der Waals surface area contributed by atoms with Gasteiger partial charge in [0.15, 0.2) is 0 Å². The van der Waals surface area contributed by atoms with Crippen LogP contribution in [0.2, 0.25) is 0 Å². The summed E-state index contributed by atoms with van der Waals surface area (Å²) in [6.45, 7) is 0. The molecule has 4 nitrogen and oxygen atoms in total. The van der Waals surface area contributed by atoms with E-state index in [1.807, 2.05) is 0 Å². The topological polar surface area (TPSA) is 55.1 Å². The molecule has 2 heterocycles. The number of pyridine rings is 1. The number of halogens is 1. The highest BCUT2D eigenvalue weighted by atomic mass is 35.5. The van der Waals surface area contributed by atoms with Gasteiger partial charge in [-0.05, 0) is 11.6 Å². The lowest BCUT2D eigenvalue weighted by atomic mass is 10.2. The van der Waals surface area contributed by atoms with Gasteiger partial charge in [0.05, 0.1) is 11.7 Å². The summed E-state index contributed by atoms with van der Waals surface area (Å²) in [5.41, 5.74) is 1.36. The summed E-state index contributed by atoms with van der Waals surface area (Å²) >= 11 is 5.70. The Morgan fingerprint density at radius 3 is 3.07 bits per heavy atom. The third-order valence-corrected chi connectivity index (χ3v) is 2.33. The molecule has 0 aliphatic rings. The molecule has 1 N–H and O–H groups in total. The third kappa shape index (κ3) is 1.24. The van der Waals surface area contributed by atoms with E-state index in [9.17, 15) is 4.79 Å². The molecule has 14 heavy (non-hydrogen) atoms. The molecule has 0 bridgehead atoms. The SMILES string of the molecule is O=C(O)n1cc(CCl)c2ccncc21. The number of carbonyl (C=O) groups is 1. The Labute approximate surface area is 84.7 Å². The molecule has 2 aromatic rings. The smallest absolute Gasteiger partial charge is 0.416 e. The van der Waals surface area contributed by atoms with Crippen molar-refractivity contribution in [2.24, 2.45) is 0 Å². The Bertz CT molecular complexity index is 493. The zero-order valence-electron chi connectivity index (χ0n) is 7.14. The lowest BCUT2D eigenvalue weighted by molar-refractivity contribution is 0.197. The zero-order chi connectivity index (χ0) is 10.1. The number of rotatable bonds is 1. The van der Waals surface area contributed by atoms with Crippen LogP contribution in [-0.2, 0) is 5.88 Å². The van der Waals surface area contributed by atoms with Gasteiger partial charge in [0, 0.05) is 23.7 Å². The second kappa shape index (κ2) is 3.31. The van der Waals surface area contributed by atoms with Crippen molar-refractivity contribution in [3.63, 3.8) is 0 Å². The number of alkyl halides is 1. The van der Waals surface area contributed by atoms with Crippen molar-refractivity contribution >= 4 is 28.6 Å². The molecule has 0 saturated carbocycles. The van der Waals surface area contributed by atoms with Crippen molar-refractivity contribution in [3.8, 4) is 0 Å². The standard InChI is InChI=1S/C9H7ClN2O2/c10-3-6-5-12(9(13)14)8-4-11-2-1-7(6)8/h1-2,4-5H,3H2,(H,13,14). The maximum absolute atomic E-state index is 10.8. The number of fused-ring (bicyclic) bond motifs is 1. The van der Waals surface area contributed by atoms with Gasteiger partial charge in [0.1, 0.15) is 0 Å². The summed E-state index contributed by atoms with van der Waals surface area (Å²) < 4.78 is 1.13. The van der Waals surface area contributed by atoms with Gasteiger partial charge in [-0.3, -0.25) is 9.55 Å². The fraction of sp³-hybridized carbons (Fsp3) is 0.111. The normalized spacial score (nSPS) is 10.6. The fourth-order valence-electron chi connectivity index (χ4n) is 1.41. The second-order valence-corrected chi connectivity index (χ2v) is 3.10. The molecule has 5 heteroatoms. The van der Waals surface area contributed by atoms with Crippen LogP contribution in [0.4, 0.5) is 4.79 Å². The van der Waals surface area contributed by atoms with E-state index in [-0.39, 0.29) is 0 Å². The van der Waals surface area contributed by atoms with Crippen molar-refractivity contribution in [1.29, 1.82) is 0 Å². The lowest BCUT2D eigenvalue weighted by Gasteiger charge is -1.94. The van der Waals surface area contributed by atoms with Crippen LogP contribution in [-0.4, -0.2) is 20.8 Å². The van der Waals surface area contributed by atoms with E-state index in [0.717, 1.165) is 15.5 Å². The number of hydrogen-bond donors (Lipinski definition) is 1. The van der Waals surface area contributed by atoms with E-state index in [4.69, 9.17) is 16.7 Å². The average molecular weight is 211 g/mol. The van der Waals surface area contributed by atoms with Crippen LogP contribution >= 0.6 is 11.6 Å². The summed E-state index contributed by atoms with van der Waals surface area (Å²) in [6, 6.07) is 1.76. The van der Waals surface area contributed by atoms with Crippen molar-refractivity contribution in [2.45, 2.75) is 5.88 Å². The molecular formula is C9H7ClN2O2. The van der Waals surface area contributed by atoms with Crippen LogP contribution in [0.25, 0.3) is 10.9 Å².